The highest BCUT2D eigenvalue weighted by atomic mass is 16.1. The fourth-order valence-electron chi connectivity index (χ4n) is 2.99. The van der Waals surface area contributed by atoms with Gasteiger partial charge in [0, 0.05) is 24.4 Å². The summed E-state index contributed by atoms with van der Waals surface area (Å²) in [5.41, 5.74) is 6.33. The molecule has 0 radical (unpaired) electrons. The quantitative estimate of drug-likeness (QED) is 0.455. The predicted octanol–water partition coefficient (Wildman–Crippen LogP) is 6.93. The van der Waals surface area contributed by atoms with E-state index in [0.717, 1.165) is 24.4 Å². The first-order valence-corrected chi connectivity index (χ1v) is 10.4. The zero-order valence-corrected chi connectivity index (χ0v) is 19.1. The Bertz CT molecular complexity index is 818. The number of hydrogen-bond acceptors (Lipinski definition) is 2. The molecule has 0 aliphatic carbocycles. The number of hydrogen-bond donors (Lipinski definition) is 0. The molecule has 0 aliphatic rings. The lowest BCUT2D eigenvalue weighted by molar-refractivity contribution is -0.111. The molecular formula is C27H37NO. The first-order chi connectivity index (χ1) is 13.7. The summed E-state index contributed by atoms with van der Waals surface area (Å²) < 4.78 is 0. The fourth-order valence-corrected chi connectivity index (χ4v) is 2.99. The number of ketones is 1. The van der Waals surface area contributed by atoms with Crippen LogP contribution in [0.15, 0.2) is 61.7 Å². The highest BCUT2D eigenvalue weighted by molar-refractivity contribution is 6.18. The van der Waals surface area contributed by atoms with Gasteiger partial charge in [0.05, 0.1) is 0 Å². The maximum absolute atomic E-state index is 11.0. The Hall–Kier alpha value is -2.61. The van der Waals surface area contributed by atoms with Crippen molar-refractivity contribution in [3.63, 3.8) is 0 Å². The highest BCUT2D eigenvalue weighted by Gasteiger charge is 2.10. The molecule has 0 spiro atoms. The largest absolute Gasteiger partial charge is 0.371 e. The minimum absolute atomic E-state index is 0.0308. The van der Waals surface area contributed by atoms with E-state index in [2.05, 4.69) is 70.0 Å². The molecule has 2 aromatic carbocycles. The third-order valence-corrected chi connectivity index (χ3v) is 4.85. The summed E-state index contributed by atoms with van der Waals surface area (Å²) in [4.78, 5) is 13.4. The minimum atomic E-state index is 0.0308. The summed E-state index contributed by atoms with van der Waals surface area (Å²) in [7, 11) is 0. The molecule has 0 fully saturated rings. The molecule has 0 bridgehead atoms. The lowest BCUT2D eigenvalue weighted by atomic mass is 10.00. The van der Waals surface area contributed by atoms with Crippen LogP contribution in [-0.4, -0.2) is 23.8 Å². The number of benzene rings is 2. The molecule has 0 unspecified atom stereocenters. The number of rotatable bonds is 8. The third-order valence-electron chi connectivity index (χ3n) is 4.85. The molecular weight excluding hydrogens is 354 g/mol. The van der Waals surface area contributed by atoms with E-state index >= 15 is 0 Å². The summed E-state index contributed by atoms with van der Waals surface area (Å²) in [6.45, 7) is 22.5. The Morgan fingerprint density at radius 1 is 0.966 bits per heavy atom. The topological polar surface area (TPSA) is 20.3 Å². The van der Waals surface area contributed by atoms with E-state index in [4.69, 9.17) is 0 Å². The molecule has 0 atom stereocenters. The van der Waals surface area contributed by atoms with Gasteiger partial charge >= 0.3 is 0 Å². The first-order valence-electron chi connectivity index (χ1n) is 10.4. The molecule has 0 heterocycles. The van der Waals surface area contributed by atoms with Gasteiger partial charge < -0.3 is 4.90 Å². The van der Waals surface area contributed by atoms with Crippen LogP contribution in [0.5, 0.6) is 0 Å². The van der Waals surface area contributed by atoms with Crippen molar-refractivity contribution in [3.8, 4) is 0 Å². The van der Waals surface area contributed by atoms with Gasteiger partial charge in [-0.25, -0.2) is 0 Å². The Morgan fingerprint density at radius 2 is 1.59 bits per heavy atom. The van der Waals surface area contributed by atoms with Gasteiger partial charge in [0.1, 0.15) is 0 Å². The normalized spacial score (nSPS) is 10.2. The van der Waals surface area contributed by atoms with E-state index in [1.807, 2.05) is 31.2 Å². The maximum atomic E-state index is 11.0. The molecule has 2 rings (SSSR count). The zero-order chi connectivity index (χ0) is 22.0. The van der Waals surface area contributed by atoms with Crippen LogP contribution < -0.4 is 0 Å². The zero-order valence-electron chi connectivity index (χ0n) is 19.1. The minimum Gasteiger partial charge on any atom is -0.371 e. The van der Waals surface area contributed by atoms with Gasteiger partial charge in [-0.3, -0.25) is 4.79 Å². The van der Waals surface area contributed by atoms with Crippen LogP contribution in [0.1, 0.15) is 56.4 Å². The third kappa shape index (κ3) is 8.11. The van der Waals surface area contributed by atoms with Crippen LogP contribution in [0.25, 0.3) is 11.3 Å². The van der Waals surface area contributed by atoms with Crippen LogP contribution >= 0.6 is 0 Å². The molecule has 156 valence electrons. The SMILES string of the molecule is C=C(C(C)=O)c1ccc(C)c(C)c1.C=C(c1ccccc1)N(CCC)CC(C)C. The van der Waals surface area contributed by atoms with Gasteiger partial charge in [-0.05, 0) is 55.4 Å². The van der Waals surface area contributed by atoms with E-state index in [-0.39, 0.29) is 5.78 Å². The van der Waals surface area contributed by atoms with Gasteiger partial charge in [0.25, 0.3) is 0 Å². The van der Waals surface area contributed by atoms with Crippen molar-refractivity contribution in [1.29, 1.82) is 0 Å². The molecule has 0 aromatic heterocycles. The number of allylic oxidation sites excluding steroid dienone is 1. The average Bonchev–Trinajstić information content (AvgIpc) is 2.69. The highest BCUT2D eigenvalue weighted by Crippen LogP contribution is 2.19. The second-order valence-electron chi connectivity index (χ2n) is 7.99. The molecule has 29 heavy (non-hydrogen) atoms. The Balaban J connectivity index is 0.000000296. The Labute approximate surface area is 178 Å². The standard InChI is InChI=1S/C15H23N.C12H14O/c1-5-11-16(12-13(2)3)14(4)15-9-7-6-8-10-15;1-8-5-6-12(7-9(8)2)10(3)11(4)13/h6-10,13H,4-5,11-12H2,1-3H3;5-7H,3H2,1-2,4H3. The molecule has 0 N–H and O–H groups in total. The smallest absolute Gasteiger partial charge is 0.159 e. The first kappa shape index (κ1) is 24.4. The molecule has 2 aromatic rings. The van der Waals surface area contributed by atoms with Gasteiger partial charge in [-0.1, -0.05) is 82.5 Å². The summed E-state index contributed by atoms with van der Waals surface area (Å²) in [6.07, 6.45) is 1.17. The maximum Gasteiger partial charge on any atom is 0.159 e. The molecule has 0 saturated heterocycles. The molecule has 2 nitrogen and oxygen atoms in total. The Morgan fingerprint density at radius 3 is 2.07 bits per heavy atom. The van der Waals surface area contributed by atoms with Crippen LogP contribution in [-0.2, 0) is 4.79 Å². The number of Topliss-reactive ketones (excluding diaryl/α,β-unsaturated/α-hetero) is 1. The van der Waals surface area contributed by atoms with Gasteiger partial charge in [-0.15, -0.1) is 0 Å². The van der Waals surface area contributed by atoms with E-state index in [0.29, 0.717) is 11.5 Å². The lowest BCUT2D eigenvalue weighted by Gasteiger charge is -2.28. The van der Waals surface area contributed by atoms with Crippen LogP contribution in [0.4, 0.5) is 0 Å². The van der Waals surface area contributed by atoms with Crippen molar-refractivity contribution in [3.05, 3.63) is 83.9 Å². The predicted molar refractivity (Wildman–Crippen MR) is 128 cm³/mol. The van der Waals surface area contributed by atoms with Crippen molar-refractivity contribution in [1.82, 2.24) is 4.90 Å². The van der Waals surface area contributed by atoms with Crippen molar-refractivity contribution in [2.75, 3.05) is 13.1 Å². The lowest BCUT2D eigenvalue weighted by Crippen LogP contribution is -2.26. The van der Waals surface area contributed by atoms with Crippen LogP contribution in [0, 0.1) is 19.8 Å². The summed E-state index contributed by atoms with van der Waals surface area (Å²) in [6, 6.07) is 16.4. The summed E-state index contributed by atoms with van der Waals surface area (Å²) >= 11 is 0. The van der Waals surface area contributed by atoms with Crippen LogP contribution in [0.3, 0.4) is 0 Å². The van der Waals surface area contributed by atoms with Crippen molar-refractivity contribution in [2.45, 2.75) is 48.0 Å². The van der Waals surface area contributed by atoms with Crippen molar-refractivity contribution < 1.29 is 4.79 Å². The number of nitrogens with zero attached hydrogens (tertiary/aromatic N) is 1. The summed E-state index contributed by atoms with van der Waals surface area (Å²) in [5, 5.41) is 0. The fraction of sp³-hybridized carbons (Fsp3) is 0.370. The molecule has 2 heteroatoms. The average molecular weight is 392 g/mol. The number of aryl methyl sites for hydroxylation is 2. The van der Waals surface area contributed by atoms with Crippen LogP contribution in [0.2, 0.25) is 0 Å². The van der Waals surface area contributed by atoms with Crippen molar-refractivity contribution >= 4 is 17.1 Å². The van der Waals surface area contributed by atoms with E-state index in [1.54, 1.807) is 0 Å². The van der Waals surface area contributed by atoms with Gasteiger partial charge in [0.15, 0.2) is 5.78 Å². The van der Waals surface area contributed by atoms with E-state index < -0.39 is 0 Å². The van der Waals surface area contributed by atoms with Gasteiger partial charge in [0.2, 0.25) is 0 Å². The second kappa shape index (κ2) is 12.1. The molecule has 0 aliphatic heterocycles. The van der Waals surface area contributed by atoms with E-state index in [9.17, 15) is 4.79 Å². The molecule has 0 amide bonds. The second-order valence-corrected chi connectivity index (χ2v) is 7.99. The Kier molecular flexibility index (Phi) is 10.2. The van der Waals surface area contributed by atoms with Gasteiger partial charge in [-0.2, -0.15) is 0 Å². The summed E-state index contributed by atoms with van der Waals surface area (Å²) in [5.74, 6) is 0.704. The van der Waals surface area contributed by atoms with Crippen molar-refractivity contribution in [2.24, 2.45) is 5.92 Å². The monoisotopic (exact) mass is 391 g/mol. The number of carbonyl (C=O) groups is 1. The number of carbonyl (C=O) groups excluding carboxylic acids is 1. The molecule has 0 saturated carbocycles. The van der Waals surface area contributed by atoms with E-state index in [1.165, 1.54) is 30.0 Å².